The van der Waals surface area contributed by atoms with E-state index in [1.165, 1.54) is 22.1 Å². The molecular weight excluding hydrogens is 376 g/mol. The molecule has 156 valence electrons. The van der Waals surface area contributed by atoms with Crippen molar-refractivity contribution in [1.29, 1.82) is 0 Å². The average molecular weight is 405 g/mol. The summed E-state index contributed by atoms with van der Waals surface area (Å²) >= 11 is 0. The van der Waals surface area contributed by atoms with E-state index in [9.17, 15) is 9.59 Å². The molecule has 0 aromatic heterocycles. The molecule has 30 heavy (non-hydrogen) atoms. The Kier molecular flexibility index (Phi) is 6.56. The Morgan fingerprint density at radius 2 is 1.80 bits per heavy atom. The Hall–Kier alpha value is -3.14. The zero-order valence-corrected chi connectivity index (χ0v) is 17.9. The van der Waals surface area contributed by atoms with Crippen LogP contribution >= 0.6 is 0 Å². The van der Waals surface area contributed by atoms with E-state index >= 15 is 0 Å². The van der Waals surface area contributed by atoms with Crippen LogP contribution in [0.15, 0.2) is 60.2 Å². The van der Waals surface area contributed by atoms with Gasteiger partial charge in [-0.25, -0.2) is 9.59 Å². The predicted molar refractivity (Wildman–Crippen MR) is 120 cm³/mol. The van der Waals surface area contributed by atoms with Crippen molar-refractivity contribution in [2.24, 2.45) is 0 Å². The van der Waals surface area contributed by atoms with Gasteiger partial charge in [0.25, 0.3) is 0 Å². The van der Waals surface area contributed by atoms with Crippen molar-refractivity contribution in [2.75, 3.05) is 6.61 Å². The monoisotopic (exact) mass is 404 g/mol. The predicted octanol–water partition coefficient (Wildman–Crippen LogP) is 6.11. The molecule has 0 radical (unpaired) electrons. The number of hydrogen-bond donors (Lipinski definition) is 0. The largest absolute Gasteiger partial charge is 0.462 e. The van der Waals surface area contributed by atoms with Crippen LogP contribution in [0, 0.1) is 0 Å². The minimum atomic E-state index is -0.415. The van der Waals surface area contributed by atoms with E-state index in [0.717, 1.165) is 24.6 Å². The van der Waals surface area contributed by atoms with Crippen LogP contribution in [0.25, 0.3) is 16.8 Å². The van der Waals surface area contributed by atoms with Gasteiger partial charge in [-0.1, -0.05) is 49.9 Å². The minimum absolute atomic E-state index is 0.328. The molecule has 0 saturated heterocycles. The van der Waals surface area contributed by atoms with E-state index in [0.29, 0.717) is 29.4 Å². The molecule has 0 heterocycles. The number of hydrogen-bond acceptors (Lipinski definition) is 4. The summed E-state index contributed by atoms with van der Waals surface area (Å²) in [4.78, 5) is 23.3. The minimum Gasteiger partial charge on any atom is -0.462 e. The lowest BCUT2D eigenvalue weighted by atomic mass is 9.80. The number of esters is 2. The molecule has 2 aromatic carbocycles. The molecule has 0 N–H and O–H groups in total. The molecule has 0 amide bonds. The maximum absolute atomic E-state index is 11.8. The molecule has 1 unspecified atom stereocenters. The Bertz CT molecular complexity index is 1060. The van der Waals surface area contributed by atoms with Gasteiger partial charge in [-0.15, -0.1) is 0 Å². The number of rotatable bonds is 7. The summed E-state index contributed by atoms with van der Waals surface area (Å²) in [6.07, 6.45) is 4.94. The number of benzene rings is 2. The number of ether oxygens (including phenoxy) is 2. The molecule has 0 fully saturated rings. The Labute approximate surface area is 177 Å². The molecule has 1 aliphatic rings. The zero-order chi connectivity index (χ0) is 21.8. The highest BCUT2D eigenvalue weighted by Gasteiger charge is 2.20. The second-order valence-electron chi connectivity index (χ2n) is 8.05. The molecule has 3 rings (SSSR count). The van der Waals surface area contributed by atoms with Crippen LogP contribution in [-0.4, -0.2) is 18.5 Å². The molecule has 0 aliphatic heterocycles. The van der Waals surface area contributed by atoms with E-state index in [2.05, 4.69) is 38.3 Å². The number of carbonyl (C=O) groups excluding carboxylic acids is 2. The fraction of sp³-hybridized carbons (Fsp3) is 0.308. The number of fused-ring (bicyclic) bond motifs is 3. The van der Waals surface area contributed by atoms with E-state index in [-0.39, 0.29) is 5.97 Å². The van der Waals surface area contributed by atoms with Gasteiger partial charge in [-0.2, -0.15) is 0 Å². The van der Waals surface area contributed by atoms with Crippen molar-refractivity contribution in [3.63, 3.8) is 0 Å². The molecular formula is C26H28O4. The van der Waals surface area contributed by atoms with Crippen molar-refractivity contribution in [1.82, 2.24) is 0 Å². The molecule has 1 atom stereocenters. The lowest BCUT2D eigenvalue weighted by molar-refractivity contribution is -0.139. The van der Waals surface area contributed by atoms with Gasteiger partial charge in [-0.05, 0) is 73.1 Å². The molecule has 4 nitrogen and oxygen atoms in total. The molecule has 4 heteroatoms. The molecule has 0 bridgehead atoms. The Morgan fingerprint density at radius 3 is 2.50 bits per heavy atom. The first kappa shape index (κ1) is 21.6. The van der Waals surface area contributed by atoms with Crippen LogP contribution in [-0.2, 0) is 14.3 Å². The number of allylic oxidation sites excluding steroid dienone is 1. The van der Waals surface area contributed by atoms with E-state index in [4.69, 9.17) is 9.47 Å². The van der Waals surface area contributed by atoms with Gasteiger partial charge < -0.3 is 9.47 Å². The highest BCUT2D eigenvalue weighted by Crippen LogP contribution is 2.40. The third-order valence-corrected chi connectivity index (χ3v) is 5.27. The zero-order valence-electron chi connectivity index (χ0n) is 17.9. The number of carbonyl (C=O) groups is 2. The van der Waals surface area contributed by atoms with Gasteiger partial charge in [0.05, 0.1) is 6.61 Å². The van der Waals surface area contributed by atoms with Crippen LogP contribution < -0.4 is 4.74 Å². The highest BCUT2D eigenvalue weighted by atomic mass is 16.5. The lowest BCUT2D eigenvalue weighted by Crippen LogP contribution is -2.09. The summed E-state index contributed by atoms with van der Waals surface area (Å²) in [7, 11) is 0. The molecule has 2 aromatic rings. The van der Waals surface area contributed by atoms with Crippen molar-refractivity contribution in [2.45, 2.75) is 46.0 Å². The lowest BCUT2D eigenvalue weighted by Gasteiger charge is -2.25. The van der Waals surface area contributed by atoms with Gasteiger partial charge in [0.1, 0.15) is 5.75 Å². The van der Waals surface area contributed by atoms with Crippen molar-refractivity contribution in [3.8, 4) is 5.75 Å². The maximum atomic E-state index is 11.8. The third-order valence-electron chi connectivity index (χ3n) is 5.27. The first-order valence-corrected chi connectivity index (χ1v) is 10.2. The third kappa shape index (κ3) is 4.88. The van der Waals surface area contributed by atoms with Crippen molar-refractivity contribution >= 4 is 28.8 Å². The first-order valence-electron chi connectivity index (χ1n) is 10.2. The van der Waals surface area contributed by atoms with Crippen LogP contribution in [0.3, 0.4) is 0 Å². The SMILES string of the molecule is C=C(C)C(=O)OCCCC1=Cc2ccc3cc(OC(=O)C(=C)C)ccc3c2C(C)C1. The van der Waals surface area contributed by atoms with Gasteiger partial charge in [-0.3, -0.25) is 0 Å². The Morgan fingerprint density at radius 1 is 1.07 bits per heavy atom. The van der Waals surface area contributed by atoms with Crippen LogP contribution in [0.5, 0.6) is 5.75 Å². The summed E-state index contributed by atoms with van der Waals surface area (Å²) in [6, 6.07) is 9.96. The smallest absolute Gasteiger partial charge is 0.338 e. The average Bonchev–Trinajstić information content (AvgIpc) is 2.70. The van der Waals surface area contributed by atoms with Crippen LogP contribution in [0.1, 0.15) is 57.1 Å². The summed E-state index contributed by atoms with van der Waals surface area (Å²) < 4.78 is 10.6. The fourth-order valence-electron chi connectivity index (χ4n) is 3.82. The van der Waals surface area contributed by atoms with E-state index in [1.807, 2.05) is 18.2 Å². The van der Waals surface area contributed by atoms with Gasteiger partial charge in [0.2, 0.25) is 0 Å². The van der Waals surface area contributed by atoms with Gasteiger partial charge >= 0.3 is 11.9 Å². The van der Waals surface area contributed by atoms with Crippen LogP contribution in [0.4, 0.5) is 0 Å². The summed E-state index contributed by atoms with van der Waals surface area (Å²) in [5.41, 5.74) is 4.72. The summed E-state index contributed by atoms with van der Waals surface area (Å²) in [5.74, 6) is 0.165. The van der Waals surface area contributed by atoms with Crippen molar-refractivity contribution in [3.05, 3.63) is 71.3 Å². The van der Waals surface area contributed by atoms with Gasteiger partial charge in [0.15, 0.2) is 0 Å². The first-order chi connectivity index (χ1) is 14.3. The Balaban J connectivity index is 1.76. The van der Waals surface area contributed by atoms with E-state index in [1.54, 1.807) is 13.8 Å². The molecule has 1 aliphatic carbocycles. The molecule has 0 saturated carbocycles. The standard InChI is InChI=1S/C26H28O4/c1-16(2)25(27)29-12-6-7-19-13-18(5)24-21(14-19)9-8-20-15-22(10-11-23(20)24)30-26(28)17(3)4/h8-11,14-15,18H,1,3,6-7,12-13H2,2,4-5H3. The fourth-order valence-corrected chi connectivity index (χ4v) is 3.82. The highest BCUT2D eigenvalue weighted by molar-refractivity contribution is 5.93. The van der Waals surface area contributed by atoms with Gasteiger partial charge in [0, 0.05) is 11.1 Å². The second kappa shape index (κ2) is 9.12. The maximum Gasteiger partial charge on any atom is 0.338 e. The van der Waals surface area contributed by atoms with Crippen LogP contribution in [0.2, 0.25) is 0 Å². The quantitative estimate of drug-likeness (QED) is 0.242. The summed E-state index contributed by atoms with van der Waals surface area (Å²) in [5, 5.41) is 2.23. The topological polar surface area (TPSA) is 52.6 Å². The normalized spacial score (nSPS) is 15.2. The van der Waals surface area contributed by atoms with E-state index < -0.39 is 5.97 Å². The second-order valence-corrected chi connectivity index (χ2v) is 8.05. The molecule has 0 spiro atoms. The van der Waals surface area contributed by atoms with Crippen molar-refractivity contribution < 1.29 is 19.1 Å². The summed E-state index contributed by atoms with van der Waals surface area (Å²) in [6.45, 7) is 13.2.